The van der Waals surface area contributed by atoms with Crippen molar-refractivity contribution in [2.45, 2.75) is 226 Å². The summed E-state index contributed by atoms with van der Waals surface area (Å²) in [5.41, 5.74) is 0. The van der Waals surface area contributed by atoms with Crippen molar-refractivity contribution in [1.82, 2.24) is 0 Å². The first kappa shape index (κ1) is 49.6. The van der Waals surface area contributed by atoms with Gasteiger partial charge >= 0.3 is 17.9 Å². The molecule has 0 N–H and O–H groups in total. The molecule has 0 fully saturated rings. The first-order valence-corrected chi connectivity index (χ1v) is 22.0. The zero-order valence-corrected chi connectivity index (χ0v) is 34.3. The van der Waals surface area contributed by atoms with Gasteiger partial charge in [0.2, 0.25) is 0 Å². The lowest BCUT2D eigenvalue weighted by Crippen LogP contribution is -2.30. The predicted octanol–water partition coefficient (Wildman–Crippen LogP) is 13.8. The summed E-state index contributed by atoms with van der Waals surface area (Å²) in [5, 5.41) is 0. The van der Waals surface area contributed by atoms with Gasteiger partial charge in [-0.2, -0.15) is 0 Å². The minimum Gasteiger partial charge on any atom is -0.462 e. The van der Waals surface area contributed by atoms with E-state index in [4.69, 9.17) is 14.2 Å². The Morgan fingerprint density at radius 2 is 0.750 bits per heavy atom. The second kappa shape index (κ2) is 41.4. The van der Waals surface area contributed by atoms with E-state index in [0.717, 1.165) is 83.5 Å². The fourth-order valence-electron chi connectivity index (χ4n) is 6.06. The minimum atomic E-state index is -0.784. The highest BCUT2D eigenvalue weighted by molar-refractivity contribution is 5.71. The van der Waals surface area contributed by atoms with Crippen LogP contribution < -0.4 is 0 Å². The van der Waals surface area contributed by atoms with Crippen LogP contribution in [0, 0.1) is 0 Å². The van der Waals surface area contributed by atoms with Crippen LogP contribution in [0.15, 0.2) is 36.5 Å². The summed E-state index contributed by atoms with van der Waals surface area (Å²) in [7, 11) is 0. The number of carbonyl (C=O) groups excluding carboxylic acids is 3. The second-order valence-electron chi connectivity index (χ2n) is 14.6. The van der Waals surface area contributed by atoms with E-state index in [1.165, 1.54) is 96.3 Å². The van der Waals surface area contributed by atoms with Gasteiger partial charge in [0.05, 0.1) is 0 Å². The molecule has 0 aromatic carbocycles. The van der Waals surface area contributed by atoms with Crippen LogP contribution in [-0.2, 0) is 28.6 Å². The molecule has 52 heavy (non-hydrogen) atoms. The molecular formula is C46H82O6. The van der Waals surface area contributed by atoms with Gasteiger partial charge < -0.3 is 14.2 Å². The molecular weight excluding hydrogens is 649 g/mol. The average Bonchev–Trinajstić information content (AvgIpc) is 3.14. The van der Waals surface area contributed by atoms with Crippen LogP contribution in [0.4, 0.5) is 0 Å². The number of unbranched alkanes of at least 4 members (excludes halogenated alkanes) is 22. The van der Waals surface area contributed by atoms with Gasteiger partial charge in [-0.15, -0.1) is 0 Å². The molecule has 0 saturated heterocycles. The molecule has 302 valence electrons. The Kier molecular flexibility index (Phi) is 39.5. The van der Waals surface area contributed by atoms with E-state index in [-0.39, 0.29) is 31.1 Å². The third kappa shape index (κ3) is 38.9. The van der Waals surface area contributed by atoms with Crippen molar-refractivity contribution >= 4 is 17.9 Å². The van der Waals surface area contributed by atoms with E-state index in [1.54, 1.807) is 0 Å². The van der Waals surface area contributed by atoms with Gasteiger partial charge in [0, 0.05) is 19.3 Å². The molecule has 6 heteroatoms. The van der Waals surface area contributed by atoms with Gasteiger partial charge in [-0.1, -0.05) is 166 Å². The molecule has 0 bridgehead atoms. The Hall–Kier alpha value is -2.37. The van der Waals surface area contributed by atoms with Crippen LogP contribution in [0.5, 0.6) is 0 Å². The van der Waals surface area contributed by atoms with Gasteiger partial charge in [-0.25, -0.2) is 0 Å². The number of rotatable bonds is 39. The highest BCUT2D eigenvalue weighted by Gasteiger charge is 2.19. The molecule has 0 spiro atoms. The lowest BCUT2D eigenvalue weighted by Gasteiger charge is -2.18. The number of ether oxygens (including phenoxy) is 3. The highest BCUT2D eigenvalue weighted by atomic mass is 16.6. The normalized spacial score (nSPS) is 12.3. The second-order valence-corrected chi connectivity index (χ2v) is 14.6. The van der Waals surface area contributed by atoms with Gasteiger partial charge in [0.1, 0.15) is 13.2 Å². The fourth-order valence-corrected chi connectivity index (χ4v) is 6.06. The standard InChI is InChI=1S/C46H82O6/c1-4-7-10-13-16-19-21-22-23-25-27-30-33-36-39-45(48)51-42-43(41-50-44(47)38-35-32-29-26-18-15-12-9-6-3)52-46(49)40-37-34-31-28-24-20-17-14-11-8-5-2/h9,12,18,23,25-26,43H,4-8,10-11,13-17,19-22,24,27-42H2,1-3H3/b12-9-,25-23-,26-18-. The molecule has 0 aromatic heterocycles. The first-order chi connectivity index (χ1) is 25.5. The molecule has 0 aliphatic heterocycles. The van der Waals surface area contributed by atoms with Crippen molar-refractivity contribution in [1.29, 1.82) is 0 Å². The van der Waals surface area contributed by atoms with Crippen LogP contribution in [0.2, 0.25) is 0 Å². The van der Waals surface area contributed by atoms with Crippen LogP contribution in [0.25, 0.3) is 0 Å². The van der Waals surface area contributed by atoms with E-state index in [2.05, 4.69) is 57.2 Å². The van der Waals surface area contributed by atoms with Crippen LogP contribution >= 0.6 is 0 Å². The predicted molar refractivity (Wildman–Crippen MR) is 219 cm³/mol. The molecule has 0 radical (unpaired) electrons. The van der Waals surface area contributed by atoms with E-state index in [1.807, 2.05) is 0 Å². The van der Waals surface area contributed by atoms with Gasteiger partial charge in [-0.05, 0) is 70.6 Å². The molecule has 0 aliphatic rings. The maximum absolute atomic E-state index is 12.7. The summed E-state index contributed by atoms with van der Waals surface area (Å²) in [6.07, 6.45) is 45.7. The number of allylic oxidation sites excluding steroid dienone is 6. The largest absolute Gasteiger partial charge is 0.462 e. The van der Waals surface area contributed by atoms with E-state index < -0.39 is 6.10 Å². The van der Waals surface area contributed by atoms with Crippen LogP contribution in [-0.4, -0.2) is 37.2 Å². The third-order valence-corrected chi connectivity index (χ3v) is 9.38. The van der Waals surface area contributed by atoms with Crippen LogP contribution in [0.1, 0.15) is 220 Å². The summed E-state index contributed by atoms with van der Waals surface area (Å²) >= 11 is 0. The van der Waals surface area contributed by atoms with Crippen molar-refractivity contribution in [2.75, 3.05) is 13.2 Å². The molecule has 0 rings (SSSR count). The maximum Gasteiger partial charge on any atom is 0.306 e. The third-order valence-electron chi connectivity index (χ3n) is 9.38. The van der Waals surface area contributed by atoms with E-state index in [9.17, 15) is 14.4 Å². The molecule has 0 saturated carbocycles. The van der Waals surface area contributed by atoms with Crippen molar-refractivity contribution < 1.29 is 28.6 Å². The van der Waals surface area contributed by atoms with Crippen molar-refractivity contribution in [2.24, 2.45) is 0 Å². The van der Waals surface area contributed by atoms with Crippen molar-refractivity contribution in [3.8, 4) is 0 Å². The Morgan fingerprint density at radius 3 is 1.23 bits per heavy atom. The lowest BCUT2D eigenvalue weighted by atomic mass is 10.1. The maximum atomic E-state index is 12.7. The van der Waals surface area contributed by atoms with E-state index in [0.29, 0.717) is 19.3 Å². The number of esters is 3. The van der Waals surface area contributed by atoms with Crippen molar-refractivity contribution in [3.63, 3.8) is 0 Å². The summed E-state index contributed by atoms with van der Waals surface area (Å²) in [6, 6.07) is 0. The summed E-state index contributed by atoms with van der Waals surface area (Å²) in [5.74, 6) is -0.942. The Balaban J connectivity index is 4.39. The number of hydrogen-bond donors (Lipinski definition) is 0. The molecule has 6 nitrogen and oxygen atoms in total. The van der Waals surface area contributed by atoms with Gasteiger partial charge in [0.25, 0.3) is 0 Å². The lowest BCUT2D eigenvalue weighted by molar-refractivity contribution is -0.167. The smallest absolute Gasteiger partial charge is 0.306 e. The number of hydrogen-bond acceptors (Lipinski definition) is 6. The summed E-state index contributed by atoms with van der Waals surface area (Å²) in [6.45, 7) is 6.45. The molecule has 0 aliphatic carbocycles. The zero-order valence-electron chi connectivity index (χ0n) is 34.3. The Bertz CT molecular complexity index is 891. The Morgan fingerprint density at radius 1 is 0.404 bits per heavy atom. The topological polar surface area (TPSA) is 78.9 Å². The summed E-state index contributed by atoms with van der Waals surface area (Å²) < 4.78 is 16.6. The van der Waals surface area contributed by atoms with Crippen LogP contribution in [0.3, 0.4) is 0 Å². The quantitative estimate of drug-likeness (QED) is 0.0271. The SMILES string of the molecule is CC/C=C\C/C=C\CCCCC(=O)OCC(COC(=O)CCCCC/C=C\CCCCCCCCC)OC(=O)CCCCCCCCCCCCC. The summed E-state index contributed by atoms with van der Waals surface area (Å²) in [4.78, 5) is 37.6. The van der Waals surface area contributed by atoms with Gasteiger partial charge in [0.15, 0.2) is 6.10 Å². The first-order valence-electron chi connectivity index (χ1n) is 22.0. The number of carbonyl (C=O) groups is 3. The molecule has 0 heterocycles. The molecule has 0 aromatic rings. The van der Waals surface area contributed by atoms with Gasteiger partial charge in [-0.3, -0.25) is 14.4 Å². The zero-order chi connectivity index (χ0) is 38.0. The molecule has 1 unspecified atom stereocenters. The monoisotopic (exact) mass is 731 g/mol. The highest BCUT2D eigenvalue weighted by Crippen LogP contribution is 2.14. The Labute approximate surface area is 321 Å². The van der Waals surface area contributed by atoms with E-state index >= 15 is 0 Å². The fraction of sp³-hybridized carbons (Fsp3) is 0.804. The molecule has 0 amide bonds. The minimum absolute atomic E-state index is 0.0886. The average molecular weight is 731 g/mol. The van der Waals surface area contributed by atoms with Crippen molar-refractivity contribution in [3.05, 3.63) is 36.5 Å². The molecule has 1 atom stereocenters.